The molecule has 130 valence electrons. The van der Waals surface area contributed by atoms with Crippen LogP contribution >= 0.6 is 0 Å². The van der Waals surface area contributed by atoms with Crippen LogP contribution in [0.3, 0.4) is 0 Å². The molecule has 0 aromatic heterocycles. The van der Waals surface area contributed by atoms with Gasteiger partial charge in [0.15, 0.2) is 0 Å². The van der Waals surface area contributed by atoms with E-state index in [-0.39, 0.29) is 5.41 Å². The van der Waals surface area contributed by atoms with Crippen molar-refractivity contribution >= 4 is 0 Å². The van der Waals surface area contributed by atoms with Crippen molar-refractivity contribution in [3.63, 3.8) is 0 Å². The van der Waals surface area contributed by atoms with Crippen LogP contribution in [-0.4, -0.2) is 19.8 Å². The molecule has 0 unspecified atom stereocenters. The SMILES string of the molecule is CCC(C)(C)c1ccc(OCCOc2ccccc2CCN)cc1. The average Bonchev–Trinajstić information content (AvgIpc) is 2.60. The number of para-hydroxylation sites is 1. The molecule has 0 spiro atoms. The van der Waals surface area contributed by atoms with Crippen LogP contribution in [0, 0.1) is 0 Å². The first-order valence-corrected chi connectivity index (χ1v) is 8.71. The highest BCUT2D eigenvalue weighted by molar-refractivity contribution is 5.34. The molecule has 0 saturated heterocycles. The number of rotatable bonds is 9. The second-order valence-corrected chi connectivity index (χ2v) is 6.61. The van der Waals surface area contributed by atoms with E-state index in [1.807, 2.05) is 30.3 Å². The van der Waals surface area contributed by atoms with Crippen molar-refractivity contribution in [3.05, 3.63) is 59.7 Å². The van der Waals surface area contributed by atoms with Gasteiger partial charge in [-0.25, -0.2) is 0 Å². The maximum Gasteiger partial charge on any atom is 0.122 e. The minimum atomic E-state index is 0.203. The highest BCUT2D eigenvalue weighted by Gasteiger charge is 2.17. The molecule has 0 saturated carbocycles. The van der Waals surface area contributed by atoms with E-state index in [1.54, 1.807) is 0 Å². The molecular weight excluding hydrogens is 298 g/mol. The quantitative estimate of drug-likeness (QED) is 0.697. The van der Waals surface area contributed by atoms with E-state index in [0.717, 1.165) is 29.9 Å². The van der Waals surface area contributed by atoms with Gasteiger partial charge in [-0.3, -0.25) is 0 Å². The molecule has 0 aliphatic carbocycles. The van der Waals surface area contributed by atoms with Gasteiger partial charge in [0.25, 0.3) is 0 Å². The molecule has 0 amide bonds. The smallest absolute Gasteiger partial charge is 0.122 e. The maximum absolute atomic E-state index is 5.83. The van der Waals surface area contributed by atoms with Crippen molar-refractivity contribution in [2.45, 2.75) is 39.0 Å². The van der Waals surface area contributed by atoms with Crippen molar-refractivity contribution in [1.82, 2.24) is 0 Å². The van der Waals surface area contributed by atoms with E-state index in [0.29, 0.717) is 19.8 Å². The summed E-state index contributed by atoms with van der Waals surface area (Å²) < 4.78 is 11.6. The molecule has 2 aromatic rings. The molecule has 2 N–H and O–H groups in total. The van der Waals surface area contributed by atoms with Crippen LogP contribution < -0.4 is 15.2 Å². The highest BCUT2D eigenvalue weighted by Crippen LogP contribution is 2.28. The second-order valence-electron chi connectivity index (χ2n) is 6.61. The van der Waals surface area contributed by atoms with Crippen molar-refractivity contribution in [2.24, 2.45) is 5.73 Å². The Bertz CT molecular complexity index is 620. The number of ether oxygens (including phenoxy) is 2. The summed E-state index contributed by atoms with van der Waals surface area (Å²) in [4.78, 5) is 0. The molecule has 0 aliphatic rings. The Kier molecular flexibility index (Phi) is 6.68. The van der Waals surface area contributed by atoms with E-state index in [9.17, 15) is 0 Å². The molecule has 0 radical (unpaired) electrons. The van der Waals surface area contributed by atoms with Gasteiger partial charge in [0.05, 0.1) is 0 Å². The lowest BCUT2D eigenvalue weighted by Gasteiger charge is -2.23. The molecule has 0 atom stereocenters. The lowest BCUT2D eigenvalue weighted by molar-refractivity contribution is 0.216. The van der Waals surface area contributed by atoms with E-state index in [1.165, 1.54) is 5.56 Å². The van der Waals surface area contributed by atoms with Crippen LogP contribution in [-0.2, 0) is 11.8 Å². The number of nitrogens with two attached hydrogens (primary N) is 1. The second kappa shape index (κ2) is 8.74. The van der Waals surface area contributed by atoms with Crippen LogP contribution in [0.4, 0.5) is 0 Å². The zero-order chi connectivity index (χ0) is 17.4. The normalized spacial score (nSPS) is 11.3. The molecule has 0 bridgehead atoms. The van der Waals surface area contributed by atoms with Gasteiger partial charge in [-0.2, -0.15) is 0 Å². The van der Waals surface area contributed by atoms with Crippen molar-refractivity contribution in [3.8, 4) is 11.5 Å². The van der Waals surface area contributed by atoms with E-state index < -0.39 is 0 Å². The monoisotopic (exact) mass is 327 g/mol. The summed E-state index contributed by atoms with van der Waals surface area (Å²) in [7, 11) is 0. The van der Waals surface area contributed by atoms with Crippen LogP contribution in [0.25, 0.3) is 0 Å². The number of hydrogen-bond donors (Lipinski definition) is 1. The van der Waals surface area contributed by atoms with Gasteiger partial charge in [-0.05, 0) is 54.1 Å². The summed E-state index contributed by atoms with van der Waals surface area (Å²) in [5.41, 5.74) is 8.32. The predicted molar refractivity (Wildman–Crippen MR) is 99.9 cm³/mol. The van der Waals surface area contributed by atoms with Gasteiger partial charge in [-0.1, -0.05) is 51.1 Å². The molecule has 3 nitrogen and oxygen atoms in total. The van der Waals surface area contributed by atoms with Crippen LogP contribution in [0.15, 0.2) is 48.5 Å². The molecule has 24 heavy (non-hydrogen) atoms. The molecule has 2 rings (SSSR count). The largest absolute Gasteiger partial charge is 0.490 e. The van der Waals surface area contributed by atoms with E-state index in [2.05, 4.69) is 39.0 Å². The Morgan fingerprint density at radius 1 is 0.917 bits per heavy atom. The third kappa shape index (κ3) is 5.00. The maximum atomic E-state index is 5.83. The summed E-state index contributed by atoms with van der Waals surface area (Å²) in [6.45, 7) is 8.39. The van der Waals surface area contributed by atoms with Crippen molar-refractivity contribution < 1.29 is 9.47 Å². The first-order valence-electron chi connectivity index (χ1n) is 8.71. The van der Waals surface area contributed by atoms with Gasteiger partial charge in [0, 0.05) is 0 Å². The molecule has 0 aliphatic heterocycles. The molecular formula is C21H29NO2. The van der Waals surface area contributed by atoms with Gasteiger partial charge in [0.1, 0.15) is 24.7 Å². The molecule has 0 fully saturated rings. The topological polar surface area (TPSA) is 44.5 Å². The lowest BCUT2D eigenvalue weighted by Crippen LogP contribution is -2.15. The zero-order valence-corrected chi connectivity index (χ0v) is 15.0. The number of hydrogen-bond acceptors (Lipinski definition) is 3. The van der Waals surface area contributed by atoms with Crippen LogP contribution in [0.1, 0.15) is 38.3 Å². The first kappa shape index (κ1) is 18.3. The van der Waals surface area contributed by atoms with Gasteiger partial charge in [0.2, 0.25) is 0 Å². The minimum absolute atomic E-state index is 0.203. The summed E-state index contributed by atoms with van der Waals surface area (Å²) in [6, 6.07) is 16.4. The lowest BCUT2D eigenvalue weighted by atomic mass is 9.82. The van der Waals surface area contributed by atoms with E-state index in [4.69, 9.17) is 15.2 Å². The molecule has 2 aromatic carbocycles. The summed E-state index contributed by atoms with van der Waals surface area (Å²) in [5.74, 6) is 1.77. The standard InChI is InChI=1S/C21H29NO2/c1-4-21(2,3)18-9-11-19(12-10-18)23-15-16-24-20-8-6-5-7-17(20)13-14-22/h5-12H,4,13-16,22H2,1-3H3. The van der Waals surface area contributed by atoms with Crippen molar-refractivity contribution in [2.75, 3.05) is 19.8 Å². The Balaban J connectivity index is 1.83. The Morgan fingerprint density at radius 2 is 1.58 bits per heavy atom. The Morgan fingerprint density at radius 3 is 2.25 bits per heavy atom. The minimum Gasteiger partial charge on any atom is -0.490 e. The predicted octanol–water partition coefficient (Wildman–Crippen LogP) is 4.33. The van der Waals surface area contributed by atoms with Crippen molar-refractivity contribution in [1.29, 1.82) is 0 Å². The summed E-state index contributed by atoms with van der Waals surface area (Å²) in [6.07, 6.45) is 1.94. The van der Waals surface area contributed by atoms with Crippen LogP contribution in [0.2, 0.25) is 0 Å². The van der Waals surface area contributed by atoms with Gasteiger partial charge in [-0.15, -0.1) is 0 Å². The van der Waals surface area contributed by atoms with Gasteiger partial charge < -0.3 is 15.2 Å². The average molecular weight is 327 g/mol. The van der Waals surface area contributed by atoms with Gasteiger partial charge >= 0.3 is 0 Å². The van der Waals surface area contributed by atoms with E-state index >= 15 is 0 Å². The summed E-state index contributed by atoms with van der Waals surface area (Å²) >= 11 is 0. The number of benzene rings is 2. The fraction of sp³-hybridized carbons (Fsp3) is 0.429. The third-order valence-corrected chi connectivity index (χ3v) is 4.52. The zero-order valence-electron chi connectivity index (χ0n) is 15.0. The molecule has 0 heterocycles. The fourth-order valence-corrected chi connectivity index (χ4v) is 2.52. The first-order chi connectivity index (χ1) is 11.6. The third-order valence-electron chi connectivity index (χ3n) is 4.52. The van der Waals surface area contributed by atoms with Crippen LogP contribution in [0.5, 0.6) is 11.5 Å². The molecule has 3 heteroatoms. The Hall–Kier alpha value is -2.00. The highest BCUT2D eigenvalue weighted by atomic mass is 16.5. The Labute approximate surface area is 145 Å². The summed E-state index contributed by atoms with van der Waals surface area (Å²) in [5, 5.41) is 0. The fourth-order valence-electron chi connectivity index (χ4n) is 2.52.